The summed E-state index contributed by atoms with van der Waals surface area (Å²) in [7, 11) is -1.18. The van der Waals surface area contributed by atoms with Gasteiger partial charge in [-0.25, -0.2) is 0 Å². The van der Waals surface area contributed by atoms with Crippen molar-refractivity contribution < 1.29 is 9.42 Å². The number of hydrogen-bond acceptors (Lipinski definition) is 3. The third-order valence-corrected chi connectivity index (χ3v) is 3.55. The fourth-order valence-electron chi connectivity index (χ4n) is 0.376. The smallest absolute Gasteiger partial charge is 0.235 e. The Morgan fingerprint density at radius 2 is 2.10 bits per heavy atom. The maximum atomic E-state index is 9.12. The van der Waals surface area contributed by atoms with Crippen LogP contribution in [0.5, 0.6) is 0 Å². The Labute approximate surface area is 68.0 Å². The second-order valence-electron chi connectivity index (χ2n) is 1.90. The van der Waals surface area contributed by atoms with Crippen LogP contribution in [0.1, 0.15) is 26.7 Å². The van der Waals surface area contributed by atoms with Crippen LogP contribution in [0.25, 0.3) is 0 Å². The molecule has 1 unspecified atom stereocenters. The van der Waals surface area contributed by atoms with Crippen molar-refractivity contribution in [2.24, 2.45) is 0 Å². The van der Waals surface area contributed by atoms with Crippen LogP contribution in [0, 0.1) is 0 Å². The molecule has 0 aromatic carbocycles. The molecule has 2 nitrogen and oxygen atoms in total. The van der Waals surface area contributed by atoms with E-state index in [4.69, 9.17) is 9.42 Å². The van der Waals surface area contributed by atoms with E-state index >= 15 is 0 Å². The quantitative estimate of drug-likeness (QED) is 0.640. The molecule has 0 aromatic rings. The van der Waals surface area contributed by atoms with Gasteiger partial charge in [-0.3, -0.25) is 0 Å². The van der Waals surface area contributed by atoms with Crippen LogP contribution in [-0.2, 0) is 4.52 Å². The first-order valence-electron chi connectivity index (χ1n) is 3.56. The van der Waals surface area contributed by atoms with E-state index in [0.29, 0.717) is 6.61 Å². The molecule has 0 aliphatic heterocycles. The molecular formula is C6H15O2PS. The highest BCUT2D eigenvalue weighted by molar-refractivity contribution is 8.52. The summed E-state index contributed by atoms with van der Waals surface area (Å²) in [6.45, 7) is 4.81. The first-order chi connectivity index (χ1) is 4.81. The molecule has 0 heterocycles. The van der Waals surface area contributed by atoms with E-state index in [1.54, 1.807) is 0 Å². The standard InChI is InChI=1S/C6H15O2PS/c1-3-5-8-9(7)10-6-4-2/h7H,3-6H2,1-2H3. The zero-order chi connectivity index (χ0) is 7.82. The summed E-state index contributed by atoms with van der Waals surface area (Å²) in [5.74, 6) is 0.992. The summed E-state index contributed by atoms with van der Waals surface area (Å²) in [6, 6.07) is 0. The zero-order valence-corrected chi connectivity index (χ0v) is 8.25. The van der Waals surface area contributed by atoms with Crippen LogP contribution < -0.4 is 0 Å². The van der Waals surface area contributed by atoms with Crippen molar-refractivity contribution in [3.8, 4) is 0 Å². The third-order valence-electron chi connectivity index (χ3n) is 0.812. The molecule has 0 aliphatic carbocycles. The Morgan fingerprint density at radius 3 is 2.60 bits per heavy atom. The van der Waals surface area contributed by atoms with Gasteiger partial charge in [-0.15, -0.1) is 0 Å². The molecule has 0 aromatic heterocycles. The molecule has 0 saturated heterocycles. The highest BCUT2D eigenvalue weighted by Gasteiger charge is 2.02. The number of hydrogen-bond donors (Lipinski definition) is 1. The molecule has 4 heteroatoms. The molecule has 1 N–H and O–H groups in total. The van der Waals surface area contributed by atoms with Gasteiger partial charge in [0.2, 0.25) is 7.58 Å². The van der Waals surface area contributed by atoms with Gasteiger partial charge >= 0.3 is 0 Å². The minimum absolute atomic E-state index is 0.679. The lowest BCUT2D eigenvalue weighted by atomic mass is 10.5. The first kappa shape index (κ1) is 10.7. The summed E-state index contributed by atoms with van der Waals surface area (Å²) in [5, 5.41) is 0. The highest BCUT2D eigenvalue weighted by Crippen LogP contribution is 2.46. The fraction of sp³-hybridized carbons (Fsp3) is 1.00. The predicted molar refractivity (Wildman–Crippen MR) is 48.1 cm³/mol. The minimum atomic E-state index is -1.18. The van der Waals surface area contributed by atoms with Crippen LogP contribution in [0.4, 0.5) is 0 Å². The van der Waals surface area contributed by atoms with Crippen molar-refractivity contribution in [3.05, 3.63) is 0 Å². The highest BCUT2D eigenvalue weighted by atomic mass is 32.7. The number of rotatable bonds is 6. The summed E-state index contributed by atoms with van der Waals surface area (Å²) in [6.07, 6.45) is 2.08. The lowest BCUT2D eigenvalue weighted by Crippen LogP contribution is -1.84. The summed E-state index contributed by atoms with van der Waals surface area (Å²) < 4.78 is 5.08. The van der Waals surface area contributed by atoms with E-state index in [2.05, 4.69) is 6.92 Å². The Balaban J connectivity index is 3.00. The van der Waals surface area contributed by atoms with Gasteiger partial charge in [0.25, 0.3) is 0 Å². The van der Waals surface area contributed by atoms with Gasteiger partial charge in [0.1, 0.15) is 0 Å². The molecule has 0 radical (unpaired) electrons. The van der Waals surface area contributed by atoms with Crippen molar-refractivity contribution in [1.82, 2.24) is 0 Å². The molecule has 0 saturated carbocycles. The Morgan fingerprint density at radius 1 is 1.40 bits per heavy atom. The maximum absolute atomic E-state index is 9.12. The normalized spacial score (nSPS) is 13.5. The molecule has 0 rings (SSSR count). The van der Waals surface area contributed by atoms with Gasteiger partial charge in [0, 0.05) is 5.75 Å². The predicted octanol–water partition coefficient (Wildman–Crippen LogP) is 2.78. The van der Waals surface area contributed by atoms with E-state index < -0.39 is 7.58 Å². The van der Waals surface area contributed by atoms with E-state index in [-0.39, 0.29) is 0 Å². The fourth-order valence-corrected chi connectivity index (χ4v) is 2.59. The Kier molecular flexibility index (Phi) is 8.35. The molecule has 0 aliphatic rings. The van der Waals surface area contributed by atoms with E-state index in [9.17, 15) is 0 Å². The summed E-state index contributed by atoms with van der Waals surface area (Å²) in [4.78, 5) is 9.12. The first-order valence-corrected chi connectivity index (χ1v) is 6.36. The second-order valence-corrected chi connectivity index (χ2v) is 5.02. The maximum Gasteiger partial charge on any atom is 0.235 e. The van der Waals surface area contributed by atoms with Gasteiger partial charge in [-0.1, -0.05) is 25.2 Å². The molecule has 10 heavy (non-hydrogen) atoms. The van der Waals surface area contributed by atoms with E-state index in [1.807, 2.05) is 6.92 Å². The van der Waals surface area contributed by atoms with Gasteiger partial charge in [-0.2, -0.15) is 0 Å². The second kappa shape index (κ2) is 7.80. The minimum Gasteiger partial charge on any atom is -0.342 e. The average molecular weight is 182 g/mol. The lowest BCUT2D eigenvalue weighted by Gasteiger charge is -2.07. The molecule has 0 fully saturated rings. The average Bonchev–Trinajstić information content (AvgIpc) is 1.97. The van der Waals surface area contributed by atoms with Crippen molar-refractivity contribution in [1.29, 1.82) is 0 Å². The SMILES string of the molecule is CCCOP(O)SCCC. The molecule has 0 amide bonds. The van der Waals surface area contributed by atoms with Crippen molar-refractivity contribution in [2.45, 2.75) is 26.7 Å². The van der Waals surface area contributed by atoms with Gasteiger partial charge < -0.3 is 9.42 Å². The molecule has 1 atom stereocenters. The van der Waals surface area contributed by atoms with Crippen LogP contribution in [-0.4, -0.2) is 17.3 Å². The van der Waals surface area contributed by atoms with Crippen LogP contribution in [0.3, 0.4) is 0 Å². The molecular weight excluding hydrogens is 167 g/mol. The van der Waals surface area contributed by atoms with Crippen LogP contribution in [0.2, 0.25) is 0 Å². The van der Waals surface area contributed by atoms with E-state index in [0.717, 1.165) is 18.6 Å². The zero-order valence-electron chi connectivity index (χ0n) is 6.54. The van der Waals surface area contributed by atoms with Crippen molar-refractivity contribution >= 4 is 19.0 Å². The van der Waals surface area contributed by atoms with Crippen molar-refractivity contribution in [2.75, 3.05) is 12.4 Å². The molecule has 62 valence electrons. The largest absolute Gasteiger partial charge is 0.342 e. The Hall–Kier alpha value is 0.700. The summed E-state index contributed by atoms with van der Waals surface area (Å²) in [5.41, 5.74) is 0. The monoisotopic (exact) mass is 182 g/mol. The van der Waals surface area contributed by atoms with Crippen LogP contribution >= 0.6 is 19.0 Å². The van der Waals surface area contributed by atoms with Crippen molar-refractivity contribution in [3.63, 3.8) is 0 Å². The Bertz CT molecular complexity index is 64.8. The van der Waals surface area contributed by atoms with Gasteiger partial charge in [0.05, 0.1) is 6.61 Å². The molecule has 0 spiro atoms. The molecule has 0 bridgehead atoms. The van der Waals surface area contributed by atoms with Crippen LogP contribution in [0.15, 0.2) is 0 Å². The summed E-state index contributed by atoms with van der Waals surface area (Å²) >= 11 is 1.51. The third kappa shape index (κ3) is 6.81. The van der Waals surface area contributed by atoms with E-state index in [1.165, 1.54) is 11.4 Å². The topological polar surface area (TPSA) is 29.5 Å². The lowest BCUT2D eigenvalue weighted by molar-refractivity contribution is 0.322. The van der Waals surface area contributed by atoms with Gasteiger partial charge in [-0.05, 0) is 12.8 Å². The van der Waals surface area contributed by atoms with Gasteiger partial charge in [0.15, 0.2) is 0 Å².